The zero-order valence-corrected chi connectivity index (χ0v) is 10.9. The van der Waals surface area contributed by atoms with Crippen LogP contribution in [-0.4, -0.2) is 15.6 Å². The van der Waals surface area contributed by atoms with Crippen LogP contribution < -0.4 is 4.87 Å². The fraction of sp³-hybridized carbons (Fsp3) is 0.167. The van der Waals surface area contributed by atoms with Gasteiger partial charge in [-0.25, -0.2) is 0 Å². The van der Waals surface area contributed by atoms with Crippen molar-refractivity contribution >= 4 is 28.9 Å². The van der Waals surface area contributed by atoms with E-state index in [1.165, 1.54) is 4.57 Å². The maximum atomic E-state index is 11.7. The summed E-state index contributed by atoms with van der Waals surface area (Å²) in [5.41, 5.74) is 1.40. The second kappa shape index (κ2) is 5.37. The van der Waals surface area contributed by atoms with Crippen LogP contribution in [0, 0.1) is 0 Å². The normalized spacial score (nSPS) is 10.5. The van der Waals surface area contributed by atoms with Gasteiger partial charge in [0.15, 0.2) is 0 Å². The van der Waals surface area contributed by atoms with Gasteiger partial charge in [-0.3, -0.25) is 14.2 Å². The number of rotatable bonds is 4. The first-order valence-corrected chi connectivity index (χ1v) is 6.50. The van der Waals surface area contributed by atoms with Crippen molar-refractivity contribution in [3.63, 3.8) is 0 Å². The van der Waals surface area contributed by atoms with Crippen LogP contribution in [0.2, 0.25) is 5.02 Å². The molecule has 4 nitrogen and oxygen atoms in total. The summed E-state index contributed by atoms with van der Waals surface area (Å²) in [6.45, 7) is 0.151. The molecule has 0 saturated carbocycles. The van der Waals surface area contributed by atoms with Crippen LogP contribution in [0.3, 0.4) is 0 Å². The first-order chi connectivity index (χ1) is 8.59. The summed E-state index contributed by atoms with van der Waals surface area (Å²) in [6, 6.07) is 7.17. The smallest absolute Gasteiger partial charge is 0.307 e. The molecule has 0 atom stereocenters. The maximum absolute atomic E-state index is 11.7. The topological polar surface area (TPSA) is 59.3 Å². The van der Waals surface area contributed by atoms with Crippen LogP contribution in [0.4, 0.5) is 0 Å². The van der Waals surface area contributed by atoms with E-state index in [1.54, 1.807) is 23.6 Å². The molecule has 1 heterocycles. The van der Waals surface area contributed by atoms with Gasteiger partial charge in [0.1, 0.15) is 0 Å². The lowest BCUT2D eigenvalue weighted by Gasteiger charge is -2.07. The Morgan fingerprint density at radius 2 is 2.11 bits per heavy atom. The van der Waals surface area contributed by atoms with Crippen molar-refractivity contribution in [1.29, 1.82) is 0 Å². The number of hydrogen-bond acceptors (Lipinski definition) is 3. The first-order valence-electron chi connectivity index (χ1n) is 5.24. The molecule has 1 aromatic carbocycles. The van der Waals surface area contributed by atoms with Gasteiger partial charge in [0, 0.05) is 22.5 Å². The molecule has 0 aliphatic heterocycles. The molecule has 2 rings (SSSR count). The van der Waals surface area contributed by atoms with Crippen molar-refractivity contribution < 1.29 is 9.90 Å². The Hall–Kier alpha value is -1.59. The molecule has 6 heteroatoms. The molecular formula is C12H10ClNO3S. The molecule has 0 amide bonds. The first kappa shape index (κ1) is 12.9. The number of carboxylic acid groups (broad SMARTS) is 1. The number of aliphatic carboxylic acids is 1. The second-order valence-electron chi connectivity index (χ2n) is 3.66. The standard InChI is InChI=1S/C12H10ClNO3S/c13-9-4-2-1-3-8(9)10-7-18-12(17)14(10)6-5-11(15)16/h1-4,7H,5-6H2,(H,15,16). The van der Waals surface area contributed by atoms with Crippen LogP contribution in [0.5, 0.6) is 0 Å². The van der Waals surface area contributed by atoms with Gasteiger partial charge >= 0.3 is 10.8 Å². The van der Waals surface area contributed by atoms with E-state index in [4.69, 9.17) is 16.7 Å². The largest absolute Gasteiger partial charge is 0.481 e. The minimum absolute atomic E-state index is 0.0892. The zero-order valence-electron chi connectivity index (χ0n) is 9.30. The number of nitrogens with zero attached hydrogens (tertiary/aromatic N) is 1. The van der Waals surface area contributed by atoms with Crippen molar-refractivity contribution in [2.75, 3.05) is 0 Å². The lowest BCUT2D eigenvalue weighted by Crippen LogP contribution is -2.16. The predicted molar refractivity (Wildman–Crippen MR) is 71.3 cm³/mol. The number of carboxylic acids is 1. The molecule has 0 radical (unpaired) electrons. The fourth-order valence-corrected chi connectivity index (χ4v) is 2.64. The molecule has 1 N–H and O–H groups in total. The highest BCUT2D eigenvalue weighted by Crippen LogP contribution is 2.27. The average Bonchev–Trinajstić information content (AvgIpc) is 2.68. The van der Waals surface area contributed by atoms with Crippen molar-refractivity contribution in [1.82, 2.24) is 4.57 Å². The Morgan fingerprint density at radius 1 is 1.39 bits per heavy atom. The molecule has 1 aromatic heterocycles. The van der Waals surface area contributed by atoms with E-state index in [-0.39, 0.29) is 17.8 Å². The van der Waals surface area contributed by atoms with Crippen molar-refractivity contribution in [3.05, 3.63) is 44.3 Å². The Labute approximate surface area is 112 Å². The van der Waals surface area contributed by atoms with Gasteiger partial charge < -0.3 is 5.11 Å². The predicted octanol–water partition coefficient (Wildman–Crippen LogP) is 2.70. The van der Waals surface area contributed by atoms with Crippen LogP contribution in [-0.2, 0) is 11.3 Å². The molecule has 0 unspecified atom stereocenters. The molecule has 0 aliphatic carbocycles. The summed E-state index contributed by atoms with van der Waals surface area (Å²) in [5.74, 6) is -0.932. The van der Waals surface area contributed by atoms with Gasteiger partial charge in [-0.15, -0.1) is 0 Å². The van der Waals surface area contributed by atoms with E-state index in [0.717, 1.165) is 16.9 Å². The molecule has 0 aliphatic rings. The van der Waals surface area contributed by atoms with Crippen molar-refractivity contribution in [2.45, 2.75) is 13.0 Å². The molecule has 18 heavy (non-hydrogen) atoms. The third-order valence-corrected chi connectivity index (χ3v) is 3.57. The molecule has 2 aromatic rings. The summed E-state index contributed by atoms with van der Waals surface area (Å²) < 4.78 is 1.44. The van der Waals surface area contributed by atoms with Gasteiger partial charge in [0.25, 0.3) is 0 Å². The highest BCUT2D eigenvalue weighted by Gasteiger charge is 2.12. The van der Waals surface area contributed by atoms with E-state index < -0.39 is 5.97 Å². The number of benzene rings is 1. The Bertz CT molecular complexity index is 632. The van der Waals surface area contributed by atoms with Gasteiger partial charge in [0.05, 0.1) is 12.1 Å². The van der Waals surface area contributed by atoms with Gasteiger partial charge in [-0.2, -0.15) is 0 Å². The van der Waals surface area contributed by atoms with Gasteiger partial charge in [0.2, 0.25) is 0 Å². The summed E-state index contributed by atoms with van der Waals surface area (Å²) in [4.78, 5) is 22.1. The fourth-order valence-electron chi connectivity index (χ4n) is 1.63. The van der Waals surface area contributed by atoms with E-state index in [9.17, 15) is 9.59 Å². The van der Waals surface area contributed by atoms with E-state index in [2.05, 4.69) is 0 Å². The zero-order chi connectivity index (χ0) is 13.1. The lowest BCUT2D eigenvalue weighted by molar-refractivity contribution is -0.137. The van der Waals surface area contributed by atoms with Crippen molar-refractivity contribution in [3.8, 4) is 11.3 Å². The molecule has 94 valence electrons. The minimum atomic E-state index is -0.932. The number of carbonyl (C=O) groups is 1. The van der Waals surface area contributed by atoms with E-state index in [0.29, 0.717) is 10.7 Å². The second-order valence-corrected chi connectivity index (χ2v) is 4.89. The summed E-state index contributed by atoms with van der Waals surface area (Å²) >= 11 is 7.12. The lowest BCUT2D eigenvalue weighted by atomic mass is 10.1. The molecule has 0 spiro atoms. The minimum Gasteiger partial charge on any atom is -0.481 e. The molecule has 0 fully saturated rings. The summed E-state index contributed by atoms with van der Waals surface area (Å²) in [7, 11) is 0. The number of hydrogen-bond donors (Lipinski definition) is 1. The SMILES string of the molecule is O=C(O)CCn1c(-c2ccccc2Cl)csc1=O. The monoisotopic (exact) mass is 283 g/mol. The third kappa shape index (κ3) is 2.63. The van der Waals surface area contributed by atoms with Crippen molar-refractivity contribution in [2.24, 2.45) is 0 Å². The Balaban J connectivity index is 2.43. The number of thiazole rings is 1. The van der Waals surface area contributed by atoms with Gasteiger partial charge in [-0.1, -0.05) is 41.1 Å². The molecule has 0 saturated heterocycles. The summed E-state index contributed by atoms with van der Waals surface area (Å²) in [6.07, 6.45) is -0.0892. The van der Waals surface area contributed by atoms with Crippen LogP contribution in [0.25, 0.3) is 11.3 Å². The number of aromatic nitrogens is 1. The van der Waals surface area contributed by atoms with E-state index >= 15 is 0 Å². The molecule has 0 bridgehead atoms. The van der Waals surface area contributed by atoms with Gasteiger partial charge in [-0.05, 0) is 6.07 Å². The highest BCUT2D eigenvalue weighted by molar-refractivity contribution is 7.07. The van der Waals surface area contributed by atoms with Crippen LogP contribution >= 0.6 is 22.9 Å². The average molecular weight is 284 g/mol. The Morgan fingerprint density at radius 3 is 2.78 bits per heavy atom. The summed E-state index contributed by atoms with van der Waals surface area (Å²) in [5, 5.41) is 10.9. The van der Waals surface area contributed by atoms with E-state index in [1.807, 2.05) is 6.07 Å². The number of halogens is 1. The molecular weight excluding hydrogens is 274 g/mol. The maximum Gasteiger partial charge on any atom is 0.307 e. The quantitative estimate of drug-likeness (QED) is 0.938. The third-order valence-electron chi connectivity index (χ3n) is 2.48. The van der Waals surface area contributed by atoms with Crippen LogP contribution in [0.15, 0.2) is 34.4 Å². The Kier molecular flexibility index (Phi) is 3.84. The highest BCUT2D eigenvalue weighted by atomic mass is 35.5. The van der Waals surface area contributed by atoms with Crippen LogP contribution in [0.1, 0.15) is 6.42 Å².